The van der Waals surface area contributed by atoms with Gasteiger partial charge < -0.3 is 4.57 Å². The Morgan fingerprint density at radius 2 is 2.06 bits per heavy atom. The van der Waals surface area contributed by atoms with Gasteiger partial charge in [-0.05, 0) is 37.3 Å². The molecular formula is C13H14ClN3O. The summed E-state index contributed by atoms with van der Waals surface area (Å²) in [5, 5.41) is 0.615. The van der Waals surface area contributed by atoms with E-state index in [-0.39, 0.29) is 5.91 Å². The van der Waals surface area contributed by atoms with Crippen molar-refractivity contribution in [3.8, 4) is 0 Å². The Bertz CT molecular complexity index is 577. The van der Waals surface area contributed by atoms with Crippen LogP contribution in [0.15, 0.2) is 36.4 Å². The molecule has 4 nitrogen and oxygen atoms in total. The quantitative estimate of drug-likeness (QED) is 0.837. The third-order valence-electron chi connectivity index (χ3n) is 2.75. The fraction of sp³-hybridized carbons (Fsp3) is 0.154. The van der Waals surface area contributed by atoms with Crippen molar-refractivity contribution in [3.05, 3.63) is 52.8 Å². The Morgan fingerprint density at radius 3 is 2.67 bits per heavy atom. The van der Waals surface area contributed by atoms with Gasteiger partial charge in [-0.25, -0.2) is 0 Å². The highest BCUT2D eigenvalue weighted by molar-refractivity contribution is 6.30. The lowest BCUT2D eigenvalue weighted by atomic mass is 10.3. The Hall–Kier alpha value is -1.94. The number of carbonyl (C=O) groups excluding carboxylic acids is 1. The van der Waals surface area contributed by atoms with Gasteiger partial charge in [0.05, 0.1) is 5.69 Å². The fourth-order valence-electron chi connectivity index (χ4n) is 1.60. The van der Waals surface area contributed by atoms with Gasteiger partial charge in [0.25, 0.3) is 5.91 Å². The molecule has 0 aliphatic rings. The second kappa shape index (κ2) is 5.14. The average Bonchev–Trinajstić information content (AvgIpc) is 2.67. The predicted molar refractivity (Wildman–Crippen MR) is 72.7 cm³/mol. The van der Waals surface area contributed by atoms with Gasteiger partial charge in [0, 0.05) is 17.8 Å². The zero-order chi connectivity index (χ0) is 13.1. The SMILES string of the molecule is Cc1ccc(C(=O)NNc2cccc(Cl)c2)n1C. The largest absolute Gasteiger partial charge is 0.344 e. The third kappa shape index (κ3) is 2.65. The maximum absolute atomic E-state index is 11.9. The summed E-state index contributed by atoms with van der Waals surface area (Å²) in [5.74, 6) is -0.189. The molecule has 0 radical (unpaired) electrons. The van der Waals surface area contributed by atoms with E-state index >= 15 is 0 Å². The summed E-state index contributed by atoms with van der Waals surface area (Å²) in [6.45, 7) is 1.95. The molecule has 94 valence electrons. The van der Waals surface area contributed by atoms with Gasteiger partial charge in [-0.1, -0.05) is 17.7 Å². The van der Waals surface area contributed by atoms with Crippen molar-refractivity contribution in [1.82, 2.24) is 9.99 Å². The molecular weight excluding hydrogens is 250 g/mol. The van der Waals surface area contributed by atoms with E-state index in [4.69, 9.17) is 11.6 Å². The third-order valence-corrected chi connectivity index (χ3v) is 2.99. The van der Waals surface area contributed by atoms with E-state index in [1.165, 1.54) is 0 Å². The first-order valence-electron chi connectivity index (χ1n) is 5.52. The number of aromatic nitrogens is 1. The Labute approximate surface area is 111 Å². The number of carbonyl (C=O) groups is 1. The molecule has 1 aromatic carbocycles. The number of rotatable bonds is 3. The summed E-state index contributed by atoms with van der Waals surface area (Å²) >= 11 is 5.85. The number of nitrogens with zero attached hydrogens (tertiary/aromatic N) is 1. The van der Waals surface area contributed by atoms with Crippen LogP contribution in [0, 0.1) is 6.92 Å². The summed E-state index contributed by atoms with van der Waals surface area (Å²) in [5.41, 5.74) is 7.82. The van der Waals surface area contributed by atoms with Crippen LogP contribution in [0.4, 0.5) is 5.69 Å². The van der Waals surface area contributed by atoms with E-state index in [0.29, 0.717) is 10.7 Å². The van der Waals surface area contributed by atoms with Crippen molar-refractivity contribution in [2.24, 2.45) is 7.05 Å². The molecule has 18 heavy (non-hydrogen) atoms. The highest BCUT2D eigenvalue weighted by atomic mass is 35.5. The molecule has 1 aromatic heterocycles. The molecule has 1 amide bonds. The van der Waals surface area contributed by atoms with E-state index < -0.39 is 0 Å². The molecule has 0 aliphatic carbocycles. The average molecular weight is 264 g/mol. The number of benzene rings is 1. The van der Waals surface area contributed by atoms with E-state index in [9.17, 15) is 4.79 Å². The van der Waals surface area contributed by atoms with Crippen LogP contribution < -0.4 is 10.9 Å². The molecule has 0 fully saturated rings. The molecule has 0 bridgehead atoms. The molecule has 0 saturated heterocycles. The van der Waals surface area contributed by atoms with Gasteiger partial charge >= 0.3 is 0 Å². The minimum atomic E-state index is -0.189. The van der Waals surface area contributed by atoms with Gasteiger partial charge in [-0.15, -0.1) is 0 Å². The first-order chi connectivity index (χ1) is 8.58. The smallest absolute Gasteiger partial charge is 0.286 e. The van der Waals surface area contributed by atoms with Crippen LogP contribution in [-0.4, -0.2) is 10.5 Å². The number of hydrogen-bond acceptors (Lipinski definition) is 2. The normalized spacial score (nSPS) is 10.2. The number of halogens is 1. The Morgan fingerprint density at radius 1 is 1.28 bits per heavy atom. The fourth-order valence-corrected chi connectivity index (χ4v) is 1.79. The van der Waals surface area contributed by atoms with Gasteiger partial charge in [0.1, 0.15) is 5.69 Å². The van der Waals surface area contributed by atoms with Gasteiger partial charge in [-0.2, -0.15) is 0 Å². The molecule has 0 atom stereocenters. The summed E-state index contributed by atoms with van der Waals surface area (Å²) in [7, 11) is 1.85. The lowest BCUT2D eigenvalue weighted by molar-refractivity contribution is 0.0954. The van der Waals surface area contributed by atoms with Crippen LogP contribution >= 0.6 is 11.6 Å². The van der Waals surface area contributed by atoms with Crippen molar-refractivity contribution in [1.29, 1.82) is 0 Å². The molecule has 1 heterocycles. The van der Waals surface area contributed by atoms with Crippen molar-refractivity contribution < 1.29 is 4.79 Å². The molecule has 0 aliphatic heterocycles. The molecule has 0 spiro atoms. The predicted octanol–water partition coefficient (Wildman–Crippen LogP) is 2.74. The number of anilines is 1. The van der Waals surface area contributed by atoms with Crippen LogP contribution in [0.25, 0.3) is 0 Å². The van der Waals surface area contributed by atoms with Crippen LogP contribution in [-0.2, 0) is 7.05 Å². The van der Waals surface area contributed by atoms with Crippen molar-refractivity contribution >= 4 is 23.2 Å². The summed E-state index contributed by atoms with van der Waals surface area (Å²) in [6, 6.07) is 10.8. The number of aryl methyl sites for hydroxylation is 1. The molecule has 5 heteroatoms. The Kier molecular flexibility index (Phi) is 3.58. The monoisotopic (exact) mass is 263 g/mol. The van der Waals surface area contributed by atoms with Gasteiger partial charge in [0.15, 0.2) is 0 Å². The van der Waals surface area contributed by atoms with E-state index in [1.54, 1.807) is 18.2 Å². The van der Waals surface area contributed by atoms with Crippen molar-refractivity contribution in [3.63, 3.8) is 0 Å². The second-order valence-electron chi connectivity index (χ2n) is 4.01. The summed E-state index contributed by atoms with van der Waals surface area (Å²) in [6.07, 6.45) is 0. The minimum Gasteiger partial charge on any atom is -0.344 e. The Balaban J connectivity index is 2.03. The standard InChI is InChI=1S/C13H14ClN3O/c1-9-6-7-12(17(9)2)13(18)16-15-11-5-3-4-10(14)8-11/h3-8,15H,1-2H3,(H,16,18). The zero-order valence-electron chi connectivity index (χ0n) is 10.2. The lowest BCUT2D eigenvalue weighted by Crippen LogP contribution is -2.30. The topological polar surface area (TPSA) is 46.1 Å². The molecule has 2 N–H and O–H groups in total. The molecule has 2 rings (SSSR count). The van der Waals surface area contributed by atoms with Crippen LogP contribution in [0.5, 0.6) is 0 Å². The van der Waals surface area contributed by atoms with E-state index in [1.807, 2.05) is 36.7 Å². The van der Waals surface area contributed by atoms with Gasteiger partial charge in [-0.3, -0.25) is 15.6 Å². The first kappa shape index (κ1) is 12.5. The van der Waals surface area contributed by atoms with Crippen molar-refractivity contribution in [2.75, 3.05) is 5.43 Å². The summed E-state index contributed by atoms with van der Waals surface area (Å²) in [4.78, 5) is 11.9. The number of hydrogen-bond donors (Lipinski definition) is 2. The maximum Gasteiger partial charge on any atom is 0.286 e. The van der Waals surface area contributed by atoms with Crippen LogP contribution in [0.1, 0.15) is 16.2 Å². The molecule has 2 aromatic rings. The van der Waals surface area contributed by atoms with E-state index in [2.05, 4.69) is 10.9 Å². The molecule has 0 unspecified atom stereocenters. The van der Waals surface area contributed by atoms with Crippen molar-refractivity contribution in [2.45, 2.75) is 6.92 Å². The van der Waals surface area contributed by atoms with Crippen LogP contribution in [0.2, 0.25) is 5.02 Å². The second-order valence-corrected chi connectivity index (χ2v) is 4.44. The highest BCUT2D eigenvalue weighted by Gasteiger charge is 2.09. The minimum absolute atomic E-state index is 0.189. The molecule has 0 saturated carbocycles. The first-order valence-corrected chi connectivity index (χ1v) is 5.90. The highest BCUT2D eigenvalue weighted by Crippen LogP contribution is 2.14. The number of amides is 1. The summed E-state index contributed by atoms with van der Waals surface area (Å²) < 4.78 is 1.83. The maximum atomic E-state index is 11.9. The lowest BCUT2D eigenvalue weighted by Gasteiger charge is -2.09. The van der Waals surface area contributed by atoms with Crippen LogP contribution in [0.3, 0.4) is 0 Å². The zero-order valence-corrected chi connectivity index (χ0v) is 11.0. The van der Waals surface area contributed by atoms with E-state index in [0.717, 1.165) is 11.4 Å². The number of nitrogens with one attached hydrogen (secondary N) is 2. The number of hydrazine groups is 1. The van der Waals surface area contributed by atoms with Gasteiger partial charge in [0.2, 0.25) is 0 Å².